The second-order valence-corrected chi connectivity index (χ2v) is 12.1. The maximum atomic E-state index is 11.5. The summed E-state index contributed by atoms with van der Waals surface area (Å²) in [5.41, 5.74) is -1.07. The highest BCUT2D eigenvalue weighted by Gasteiger charge is 2.62. The first-order chi connectivity index (χ1) is 14.6. The van der Waals surface area contributed by atoms with Gasteiger partial charge in [0.05, 0.1) is 22.0 Å². The number of hydrogen-bond acceptors (Lipinski definition) is 4. The molecule has 8 bridgehead atoms. The molecule has 8 fully saturated rings. The van der Waals surface area contributed by atoms with Gasteiger partial charge in [0.25, 0.3) is 0 Å². The standard InChI is InChI=1S/C13H20O3.C12H18O3/c1-2-16-13-6-9-3-10(7-13)5-12(4-9,8-13)11(14)15;1-15-12-5-8-2-9(6-12)4-11(3-8,7-12)10(13)14/h9-10H,2-8H2,1H3,(H,14,15);8-9H,2-7H2,1H3,(H,13,14). The number of carboxylic acid groups (broad SMARTS) is 2. The van der Waals surface area contributed by atoms with Crippen molar-refractivity contribution >= 4 is 11.9 Å². The van der Waals surface area contributed by atoms with Gasteiger partial charge in [0, 0.05) is 13.7 Å². The van der Waals surface area contributed by atoms with Crippen molar-refractivity contribution in [1.82, 2.24) is 0 Å². The largest absolute Gasteiger partial charge is 0.481 e. The van der Waals surface area contributed by atoms with Gasteiger partial charge in [0.1, 0.15) is 0 Å². The molecule has 0 heterocycles. The van der Waals surface area contributed by atoms with E-state index < -0.39 is 22.8 Å². The van der Waals surface area contributed by atoms with E-state index in [4.69, 9.17) is 9.47 Å². The minimum Gasteiger partial charge on any atom is -0.481 e. The molecule has 4 atom stereocenters. The summed E-state index contributed by atoms with van der Waals surface area (Å²) in [5, 5.41) is 18.9. The number of ether oxygens (including phenoxy) is 2. The first kappa shape index (κ1) is 21.7. The number of rotatable bonds is 5. The predicted molar refractivity (Wildman–Crippen MR) is 114 cm³/mol. The van der Waals surface area contributed by atoms with Gasteiger partial charge in [0.2, 0.25) is 0 Å². The SMILES string of the molecule is CCOC12CC3CC(C1)CC(C(=O)O)(C3)C2.COC12CC3CC(C1)CC(C(=O)O)(C3)C2. The number of hydrogen-bond donors (Lipinski definition) is 2. The van der Waals surface area contributed by atoms with Gasteiger partial charge in [-0.1, -0.05) is 0 Å². The maximum absolute atomic E-state index is 11.5. The van der Waals surface area contributed by atoms with Crippen LogP contribution in [-0.4, -0.2) is 47.1 Å². The average Bonchev–Trinajstić information content (AvgIpc) is 2.66. The second kappa shape index (κ2) is 7.18. The smallest absolute Gasteiger partial charge is 0.309 e. The predicted octanol–water partition coefficient (Wildman–Crippen LogP) is 4.50. The molecule has 0 amide bonds. The molecule has 8 aliphatic rings. The normalized spacial score (nSPS) is 50.8. The number of carboxylic acids is 2. The lowest BCUT2D eigenvalue weighted by Gasteiger charge is -2.60. The molecule has 174 valence electrons. The zero-order chi connectivity index (χ0) is 22.1. The Bertz CT molecular complexity index is 731. The van der Waals surface area contributed by atoms with Gasteiger partial charge < -0.3 is 19.7 Å². The molecule has 0 aromatic rings. The lowest BCUT2D eigenvalue weighted by atomic mass is 9.48. The van der Waals surface area contributed by atoms with Crippen LogP contribution in [0.3, 0.4) is 0 Å². The van der Waals surface area contributed by atoms with E-state index >= 15 is 0 Å². The summed E-state index contributed by atoms with van der Waals surface area (Å²) in [7, 11) is 1.75. The minimum absolute atomic E-state index is 0.0861. The summed E-state index contributed by atoms with van der Waals surface area (Å²) in [5.74, 6) is 1.24. The van der Waals surface area contributed by atoms with Crippen molar-refractivity contribution in [2.45, 2.75) is 95.2 Å². The molecule has 0 saturated heterocycles. The van der Waals surface area contributed by atoms with Crippen LogP contribution in [0.1, 0.15) is 84.0 Å². The Morgan fingerprint density at radius 3 is 1.48 bits per heavy atom. The van der Waals surface area contributed by atoms with Crippen molar-refractivity contribution in [2.24, 2.45) is 34.5 Å². The van der Waals surface area contributed by atoms with Crippen LogP contribution >= 0.6 is 0 Å². The van der Waals surface area contributed by atoms with Gasteiger partial charge in [0.15, 0.2) is 0 Å². The molecule has 2 N–H and O–H groups in total. The van der Waals surface area contributed by atoms with Gasteiger partial charge in [-0.25, -0.2) is 0 Å². The molecular weight excluding hydrogens is 396 g/mol. The van der Waals surface area contributed by atoms with Crippen LogP contribution < -0.4 is 0 Å². The summed E-state index contributed by atoms with van der Waals surface area (Å²) < 4.78 is 11.6. The minimum atomic E-state index is -0.585. The van der Waals surface area contributed by atoms with Crippen molar-refractivity contribution in [3.63, 3.8) is 0 Å². The van der Waals surface area contributed by atoms with Crippen LogP contribution in [0.4, 0.5) is 0 Å². The molecule has 0 spiro atoms. The van der Waals surface area contributed by atoms with Crippen LogP contribution in [0.25, 0.3) is 0 Å². The molecule has 6 heteroatoms. The molecule has 4 unspecified atom stereocenters. The Morgan fingerprint density at radius 2 is 1.13 bits per heavy atom. The third-order valence-electron chi connectivity index (χ3n) is 9.81. The lowest BCUT2D eigenvalue weighted by molar-refractivity contribution is -0.205. The fourth-order valence-corrected chi connectivity index (χ4v) is 9.57. The van der Waals surface area contributed by atoms with Crippen molar-refractivity contribution in [1.29, 1.82) is 0 Å². The number of aliphatic carboxylic acids is 2. The van der Waals surface area contributed by atoms with E-state index in [0.717, 1.165) is 70.8 Å². The quantitative estimate of drug-likeness (QED) is 0.662. The fraction of sp³-hybridized carbons (Fsp3) is 0.920. The highest BCUT2D eigenvalue weighted by molar-refractivity contribution is 5.76. The molecule has 0 aliphatic heterocycles. The van der Waals surface area contributed by atoms with Crippen molar-refractivity contribution in [3.8, 4) is 0 Å². The Labute approximate surface area is 185 Å². The van der Waals surface area contributed by atoms with E-state index in [2.05, 4.69) is 0 Å². The maximum Gasteiger partial charge on any atom is 0.309 e. The third-order valence-corrected chi connectivity index (χ3v) is 9.81. The molecule has 8 rings (SSSR count). The van der Waals surface area contributed by atoms with E-state index in [1.807, 2.05) is 6.92 Å². The molecule has 31 heavy (non-hydrogen) atoms. The number of carbonyl (C=O) groups is 2. The van der Waals surface area contributed by atoms with Crippen molar-refractivity contribution in [2.75, 3.05) is 13.7 Å². The lowest BCUT2D eigenvalue weighted by Crippen LogP contribution is -2.59. The highest BCUT2D eigenvalue weighted by Crippen LogP contribution is 2.63. The molecule has 0 aromatic carbocycles. The molecule has 0 aromatic heterocycles. The molecule has 8 saturated carbocycles. The third kappa shape index (κ3) is 3.43. The molecule has 6 nitrogen and oxygen atoms in total. The monoisotopic (exact) mass is 434 g/mol. The summed E-state index contributed by atoms with van der Waals surface area (Å²) in [6.07, 6.45) is 12.0. The zero-order valence-electron chi connectivity index (χ0n) is 19.0. The summed E-state index contributed by atoms with van der Waals surface area (Å²) in [6.45, 7) is 2.74. The van der Waals surface area contributed by atoms with E-state index in [0.29, 0.717) is 23.7 Å². The van der Waals surface area contributed by atoms with Crippen LogP contribution in [0, 0.1) is 34.5 Å². The van der Waals surface area contributed by atoms with Crippen LogP contribution in [0.5, 0.6) is 0 Å². The van der Waals surface area contributed by atoms with Crippen LogP contribution in [-0.2, 0) is 19.1 Å². The average molecular weight is 435 g/mol. The van der Waals surface area contributed by atoms with Crippen LogP contribution in [0.2, 0.25) is 0 Å². The Kier molecular flexibility index (Phi) is 5.02. The molecular formula is C25H38O6. The first-order valence-electron chi connectivity index (χ1n) is 12.3. The van der Waals surface area contributed by atoms with Crippen molar-refractivity contribution in [3.05, 3.63) is 0 Å². The second-order valence-electron chi connectivity index (χ2n) is 12.1. The highest BCUT2D eigenvalue weighted by atomic mass is 16.5. The molecule has 0 radical (unpaired) electrons. The Hall–Kier alpha value is -1.14. The van der Waals surface area contributed by atoms with Gasteiger partial charge in [-0.3, -0.25) is 9.59 Å². The van der Waals surface area contributed by atoms with Gasteiger partial charge in [-0.2, -0.15) is 0 Å². The van der Waals surface area contributed by atoms with E-state index in [1.54, 1.807) is 7.11 Å². The van der Waals surface area contributed by atoms with E-state index in [-0.39, 0.29) is 11.2 Å². The first-order valence-corrected chi connectivity index (χ1v) is 12.3. The van der Waals surface area contributed by atoms with Gasteiger partial charge in [-0.05, 0) is 108 Å². The van der Waals surface area contributed by atoms with Gasteiger partial charge in [-0.15, -0.1) is 0 Å². The van der Waals surface area contributed by atoms with E-state index in [1.165, 1.54) is 12.8 Å². The fourth-order valence-electron chi connectivity index (χ4n) is 9.57. The van der Waals surface area contributed by atoms with Crippen molar-refractivity contribution < 1.29 is 29.3 Å². The number of methoxy groups -OCH3 is 1. The zero-order valence-corrected chi connectivity index (χ0v) is 19.0. The summed E-state index contributed by atoms with van der Waals surface area (Å²) in [6, 6.07) is 0. The van der Waals surface area contributed by atoms with Crippen LogP contribution in [0.15, 0.2) is 0 Å². The Morgan fingerprint density at radius 1 is 0.742 bits per heavy atom. The summed E-state index contributed by atoms with van der Waals surface area (Å²) >= 11 is 0. The topological polar surface area (TPSA) is 93.1 Å². The molecule has 8 aliphatic carbocycles. The van der Waals surface area contributed by atoms with Gasteiger partial charge >= 0.3 is 11.9 Å². The Balaban J connectivity index is 0.000000132. The van der Waals surface area contributed by atoms with E-state index in [9.17, 15) is 19.8 Å². The summed E-state index contributed by atoms with van der Waals surface area (Å²) in [4.78, 5) is 23.0.